The van der Waals surface area contributed by atoms with Gasteiger partial charge in [-0.25, -0.2) is 23.8 Å². The molecule has 43 heavy (non-hydrogen) atoms. The fourth-order valence-electron chi connectivity index (χ4n) is 6.05. The Labute approximate surface area is 251 Å². The van der Waals surface area contributed by atoms with E-state index in [4.69, 9.17) is 9.88 Å². The van der Waals surface area contributed by atoms with Crippen molar-refractivity contribution in [1.29, 1.82) is 0 Å². The highest BCUT2D eigenvalue weighted by atomic mass is 32.2. The van der Waals surface area contributed by atoms with E-state index in [0.717, 1.165) is 37.9 Å². The van der Waals surface area contributed by atoms with Crippen molar-refractivity contribution >= 4 is 27.6 Å². The second-order valence-electron chi connectivity index (χ2n) is 11.1. The number of aliphatic hydroxyl groups is 1. The van der Waals surface area contributed by atoms with Crippen LogP contribution in [0, 0.1) is 11.8 Å². The van der Waals surface area contributed by atoms with Crippen molar-refractivity contribution in [2.45, 2.75) is 43.1 Å². The zero-order chi connectivity index (χ0) is 30.6. The van der Waals surface area contributed by atoms with Crippen LogP contribution in [0.25, 0.3) is 0 Å². The fourth-order valence-corrected chi connectivity index (χ4v) is 6.78. The number of hydrogen-bond acceptors (Lipinski definition) is 8. The Morgan fingerprint density at radius 3 is 2.47 bits per heavy atom. The van der Waals surface area contributed by atoms with Gasteiger partial charge in [-0.2, -0.15) is 5.10 Å². The van der Waals surface area contributed by atoms with Crippen molar-refractivity contribution in [2.75, 3.05) is 19.6 Å². The zero-order valence-corrected chi connectivity index (χ0v) is 24.7. The quantitative estimate of drug-likeness (QED) is 0.224. The van der Waals surface area contributed by atoms with Gasteiger partial charge in [0.2, 0.25) is 10.0 Å². The summed E-state index contributed by atoms with van der Waals surface area (Å²) in [7, 11) is -4.15. The predicted octanol–water partition coefficient (Wildman–Crippen LogP) is 3.81. The number of nitrogens with two attached hydrogens (primary N) is 1. The number of nitrogens with zero attached hydrogens (tertiary/aromatic N) is 2. The van der Waals surface area contributed by atoms with E-state index < -0.39 is 45.8 Å². The third-order valence-corrected chi connectivity index (χ3v) is 9.19. The van der Waals surface area contributed by atoms with Crippen LogP contribution in [-0.4, -0.2) is 61.8 Å². The van der Waals surface area contributed by atoms with Crippen molar-refractivity contribution in [1.82, 2.24) is 10.3 Å². The number of carbonyl (C=O) groups excluding carboxylic acids is 2. The van der Waals surface area contributed by atoms with Crippen molar-refractivity contribution in [3.8, 4) is 0 Å². The van der Waals surface area contributed by atoms with Crippen molar-refractivity contribution in [2.24, 2.45) is 22.1 Å². The highest BCUT2D eigenvalue weighted by molar-refractivity contribution is 7.89. The Hall–Kier alpha value is -4.06. The van der Waals surface area contributed by atoms with E-state index in [-0.39, 0.29) is 21.8 Å². The van der Waals surface area contributed by atoms with E-state index in [1.165, 1.54) is 24.3 Å². The van der Waals surface area contributed by atoms with Crippen LogP contribution in [0.4, 0.5) is 0 Å². The number of aliphatic hydroxyl groups excluding tert-OH is 1. The number of likely N-dealkylation sites (tertiary alicyclic amines) is 1. The van der Waals surface area contributed by atoms with Gasteiger partial charge in [0.05, 0.1) is 21.9 Å². The smallest absolute Gasteiger partial charge is 0.338 e. The van der Waals surface area contributed by atoms with Gasteiger partial charge in [0, 0.05) is 24.1 Å². The first-order valence-electron chi connectivity index (χ1n) is 14.4. The van der Waals surface area contributed by atoms with E-state index in [9.17, 15) is 23.1 Å². The van der Waals surface area contributed by atoms with Gasteiger partial charge < -0.3 is 14.7 Å². The highest BCUT2D eigenvalue weighted by Gasteiger charge is 2.43. The molecular formula is C32H36N4O6S. The molecule has 0 saturated carbocycles. The average Bonchev–Trinajstić information content (AvgIpc) is 3.01. The van der Waals surface area contributed by atoms with Crippen LogP contribution in [-0.2, 0) is 19.6 Å². The maximum atomic E-state index is 13.6. The minimum atomic E-state index is -4.15. The first kappa shape index (κ1) is 30.4. The van der Waals surface area contributed by atoms with Crippen LogP contribution >= 0.6 is 0 Å². The Morgan fingerprint density at radius 2 is 1.74 bits per heavy atom. The molecule has 4 atom stereocenters. The third-order valence-electron chi connectivity index (χ3n) is 8.22. The molecule has 2 aromatic carbocycles. The van der Waals surface area contributed by atoms with Crippen LogP contribution in [0.5, 0.6) is 0 Å². The molecule has 2 aliphatic heterocycles. The Kier molecular flexibility index (Phi) is 9.24. The second kappa shape index (κ2) is 13.1. The first-order valence-corrected chi connectivity index (χ1v) is 15.9. The molecule has 226 valence electrons. The van der Waals surface area contributed by atoms with Gasteiger partial charge in [-0.05, 0) is 56.6 Å². The number of benzene rings is 2. The molecular weight excluding hydrogens is 568 g/mol. The lowest BCUT2D eigenvalue weighted by atomic mass is 9.74. The number of carbonyl (C=O) groups is 2. The highest BCUT2D eigenvalue weighted by Crippen LogP contribution is 2.42. The van der Waals surface area contributed by atoms with Crippen LogP contribution in [0.3, 0.4) is 0 Å². The molecule has 10 nitrogen and oxygen atoms in total. The molecule has 0 aromatic heterocycles. The molecule has 3 aliphatic rings. The monoisotopic (exact) mass is 604 g/mol. The summed E-state index contributed by atoms with van der Waals surface area (Å²) in [6.45, 7) is 4.00. The van der Waals surface area contributed by atoms with Gasteiger partial charge in [0.25, 0.3) is 5.91 Å². The lowest BCUT2D eigenvalue weighted by molar-refractivity contribution is -0.146. The largest absolute Gasteiger partial charge is 0.511 e. The number of fused-ring (bicyclic) bond motifs is 1. The minimum Gasteiger partial charge on any atom is -0.511 e. The van der Waals surface area contributed by atoms with E-state index in [1.54, 1.807) is 19.1 Å². The standard InChI is InChI=1S/C32H36N4O6S/c1-21(34-35-31(38)24-15-7-9-17-27(24)43(33,40)41)25(20-36-18-10-3-11-19-36)28(22-12-4-2-5-13-22)29-30(37)23-14-6-8-16-26(23)42-32(29)39/h2,4-9,12-17,23,25-26,28,37H,3,10-11,18-20H2,1H3,(H,35,38)(H2,33,40,41)/b34-21-/t23-,25+,26+,28-/m1/s1. The molecule has 0 radical (unpaired) electrons. The Morgan fingerprint density at radius 1 is 1.07 bits per heavy atom. The summed E-state index contributed by atoms with van der Waals surface area (Å²) in [4.78, 5) is 28.7. The maximum absolute atomic E-state index is 13.6. The summed E-state index contributed by atoms with van der Waals surface area (Å²) in [5.74, 6) is -3.00. The Balaban J connectivity index is 1.57. The number of amides is 1. The molecule has 1 amide bonds. The zero-order valence-electron chi connectivity index (χ0n) is 23.9. The van der Waals surface area contributed by atoms with E-state index in [1.807, 2.05) is 42.5 Å². The topological polar surface area (TPSA) is 151 Å². The van der Waals surface area contributed by atoms with E-state index >= 15 is 0 Å². The Bertz CT molecular complexity index is 1590. The molecule has 11 heteroatoms. The summed E-state index contributed by atoms with van der Waals surface area (Å²) in [5.41, 5.74) is 3.82. The average molecular weight is 605 g/mol. The fraction of sp³-hybridized carbons (Fsp3) is 0.344. The maximum Gasteiger partial charge on any atom is 0.338 e. The van der Waals surface area contributed by atoms with Crippen molar-refractivity contribution in [3.63, 3.8) is 0 Å². The number of ether oxygens (including phenoxy) is 1. The summed E-state index contributed by atoms with van der Waals surface area (Å²) in [6, 6.07) is 15.1. The number of allylic oxidation sites excluding steroid dienone is 2. The van der Waals surface area contributed by atoms with Gasteiger partial charge in [-0.1, -0.05) is 67.1 Å². The summed E-state index contributed by atoms with van der Waals surface area (Å²) in [5, 5.41) is 21.3. The number of primary sulfonamides is 1. The number of esters is 1. The molecule has 1 fully saturated rings. The number of piperidine rings is 1. The van der Waals surface area contributed by atoms with Gasteiger partial charge in [-0.3, -0.25) is 4.79 Å². The molecule has 0 unspecified atom stereocenters. The predicted molar refractivity (Wildman–Crippen MR) is 163 cm³/mol. The summed E-state index contributed by atoms with van der Waals surface area (Å²) >= 11 is 0. The van der Waals surface area contributed by atoms with Gasteiger partial charge in [0.1, 0.15) is 11.9 Å². The first-order chi connectivity index (χ1) is 20.6. The molecule has 1 saturated heterocycles. The lowest BCUT2D eigenvalue weighted by Gasteiger charge is -2.38. The molecule has 4 N–H and O–H groups in total. The third kappa shape index (κ3) is 6.79. The van der Waals surface area contributed by atoms with E-state index in [2.05, 4.69) is 15.4 Å². The van der Waals surface area contributed by atoms with Crippen molar-refractivity contribution in [3.05, 3.63) is 101 Å². The molecule has 2 heterocycles. The SMILES string of the molecule is C/C(=N/NC(=O)c1ccccc1S(N)(=O)=O)[C@H](CN1CCCCC1)[C@H](C1=C(O)[C@@H]2C=CC=C[C@@H]2OC1=O)c1ccccc1. The number of sulfonamides is 1. The number of nitrogens with one attached hydrogen (secondary N) is 1. The number of hydrogen-bond donors (Lipinski definition) is 3. The lowest BCUT2D eigenvalue weighted by Crippen LogP contribution is -2.43. The van der Waals surface area contributed by atoms with Gasteiger partial charge in [0.15, 0.2) is 0 Å². The molecule has 0 bridgehead atoms. The molecule has 1 aliphatic carbocycles. The normalized spacial score (nSPS) is 22.5. The minimum absolute atomic E-state index is 0.0433. The number of rotatable bonds is 9. The summed E-state index contributed by atoms with van der Waals surface area (Å²) < 4.78 is 30.0. The van der Waals surface area contributed by atoms with E-state index in [0.29, 0.717) is 12.3 Å². The molecule has 0 spiro atoms. The van der Waals surface area contributed by atoms with Crippen LogP contribution in [0.2, 0.25) is 0 Å². The molecule has 5 rings (SSSR count). The van der Waals surface area contributed by atoms with Crippen LogP contribution in [0.1, 0.15) is 48.0 Å². The van der Waals surface area contributed by atoms with Gasteiger partial charge in [-0.15, -0.1) is 0 Å². The summed E-state index contributed by atoms with van der Waals surface area (Å²) in [6.07, 6.45) is 9.79. The van der Waals surface area contributed by atoms with Crippen LogP contribution in [0.15, 0.2) is 100 Å². The van der Waals surface area contributed by atoms with Crippen LogP contribution < -0.4 is 10.6 Å². The second-order valence-corrected chi connectivity index (χ2v) is 12.6. The molecule has 2 aromatic rings. The van der Waals surface area contributed by atoms with Gasteiger partial charge >= 0.3 is 5.97 Å². The van der Waals surface area contributed by atoms with Crippen molar-refractivity contribution < 1.29 is 27.9 Å². The number of hydrazone groups is 1.